The van der Waals surface area contributed by atoms with E-state index >= 15 is 0 Å². The number of hydrogen-bond donors (Lipinski definition) is 3. The molecule has 0 aliphatic heterocycles. The number of hydrogen-bond acceptors (Lipinski definition) is 6. The first-order chi connectivity index (χ1) is 17.0. The molecule has 1 aromatic heterocycles. The van der Waals surface area contributed by atoms with E-state index in [0.29, 0.717) is 22.4 Å². The highest BCUT2D eigenvalue weighted by atomic mass is 19.4. The third-order valence-corrected chi connectivity index (χ3v) is 4.75. The topological polar surface area (TPSA) is 133 Å². The van der Waals surface area contributed by atoms with Crippen molar-refractivity contribution in [2.75, 3.05) is 12.4 Å². The molecule has 0 bridgehead atoms. The van der Waals surface area contributed by atoms with Crippen molar-refractivity contribution in [3.05, 3.63) is 54.0 Å². The Labute approximate surface area is 201 Å². The highest BCUT2D eigenvalue weighted by Crippen LogP contribution is 2.34. The van der Waals surface area contributed by atoms with Crippen LogP contribution in [-0.2, 0) is 4.79 Å². The second-order valence-electron chi connectivity index (χ2n) is 7.52. The molecule has 9 nitrogen and oxygen atoms in total. The largest absolute Gasteiger partial charge is 0.496 e. The third-order valence-electron chi connectivity index (χ3n) is 4.75. The van der Waals surface area contributed by atoms with Crippen LogP contribution in [0.3, 0.4) is 0 Å². The molecule has 0 saturated heterocycles. The summed E-state index contributed by atoms with van der Waals surface area (Å²) in [7, 11) is 1.43. The molecule has 3 aromatic rings. The Morgan fingerprint density at radius 2 is 1.83 bits per heavy atom. The lowest BCUT2D eigenvalue weighted by Crippen LogP contribution is -2.30. The molecule has 1 fully saturated rings. The number of carbonyl (C=O) groups is 3. The zero-order chi connectivity index (χ0) is 26.5. The minimum Gasteiger partial charge on any atom is -0.496 e. The van der Waals surface area contributed by atoms with Gasteiger partial charge in [0.1, 0.15) is 23.1 Å². The number of carbonyl (C=O) groups excluding carboxylic acids is 3. The van der Waals surface area contributed by atoms with Gasteiger partial charge in [0.05, 0.1) is 23.9 Å². The molecule has 36 heavy (non-hydrogen) atoms. The van der Waals surface area contributed by atoms with Gasteiger partial charge in [-0.2, -0.15) is 13.2 Å². The summed E-state index contributed by atoms with van der Waals surface area (Å²) in [6.07, 6.45) is -2.31. The molecule has 1 saturated carbocycles. The second kappa shape index (κ2) is 10.9. The van der Waals surface area contributed by atoms with E-state index in [1.807, 2.05) is 0 Å². The van der Waals surface area contributed by atoms with Crippen LogP contribution in [0.15, 0.2) is 42.6 Å². The Hall–Kier alpha value is -4.42. The predicted octanol–water partition coefficient (Wildman–Crippen LogP) is 4.31. The number of nitrogens with two attached hydrogens (primary N) is 1. The van der Waals surface area contributed by atoms with Crippen molar-refractivity contribution >= 4 is 34.8 Å². The molecule has 0 spiro atoms. The quantitative estimate of drug-likeness (QED) is 0.336. The first-order valence-electron chi connectivity index (χ1n) is 10.3. The van der Waals surface area contributed by atoms with E-state index in [1.165, 1.54) is 31.5 Å². The van der Waals surface area contributed by atoms with Crippen LogP contribution in [0.2, 0.25) is 0 Å². The number of aromatic nitrogens is 1. The summed E-state index contributed by atoms with van der Waals surface area (Å²) in [5.41, 5.74) is 6.16. The van der Waals surface area contributed by atoms with Crippen molar-refractivity contribution in [1.29, 1.82) is 0 Å². The van der Waals surface area contributed by atoms with Crippen LogP contribution in [0.4, 0.5) is 28.0 Å². The maximum atomic E-state index is 14.4. The van der Waals surface area contributed by atoms with Gasteiger partial charge < -0.3 is 25.8 Å². The molecule has 1 heterocycles. The minimum absolute atomic E-state index is 0.0424. The lowest BCUT2D eigenvalue weighted by molar-refractivity contribution is -0.156. The van der Waals surface area contributed by atoms with Gasteiger partial charge in [0.15, 0.2) is 0 Å². The molecule has 190 valence electrons. The van der Waals surface area contributed by atoms with E-state index in [1.54, 1.807) is 12.1 Å². The van der Waals surface area contributed by atoms with Crippen LogP contribution < -0.4 is 25.8 Å². The number of urea groups is 1. The summed E-state index contributed by atoms with van der Waals surface area (Å²) in [5.74, 6) is -0.433. The highest BCUT2D eigenvalue weighted by Gasteiger charge is 2.25. The van der Waals surface area contributed by atoms with Gasteiger partial charge >= 0.3 is 12.2 Å². The number of pyridine rings is 1. The number of rotatable bonds is 6. The van der Waals surface area contributed by atoms with Gasteiger partial charge in [-0.3, -0.25) is 14.6 Å². The van der Waals surface area contributed by atoms with E-state index in [-0.39, 0.29) is 23.0 Å². The zero-order valence-corrected chi connectivity index (χ0v) is 18.7. The number of anilines is 1. The van der Waals surface area contributed by atoms with Crippen molar-refractivity contribution in [2.24, 2.45) is 5.73 Å². The Morgan fingerprint density at radius 1 is 1.14 bits per heavy atom. The highest BCUT2D eigenvalue weighted by molar-refractivity contribution is 6.01. The van der Waals surface area contributed by atoms with Crippen LogP contribution in [0.5, 0.6) is 17.2 Å². The third kappa shape index (κ3) is 7.04. The molecule has 0 radical (unpaired) electrons. The van der Waals surface area contributed by atoms with Gasteiger partial charge in [-0.05, 0) is 37.1 Å². The second-order valence-corrected chi connectivity index (χ2v) is 7.52. The number of benzene rings is 2. The molecular weight excluding hydrogens is 488 g/mol. The fourth-order valence-electron chi connectivity index (χ4n) is 2.96. The van der Waals surface area contributed by atoms with E-state index in [9.17, 15) is 27.2 Å². The number of halogens is 4. The zero-order valence-electron chi connectivity index (χ0n) is 18.7. The number of aldehydes is 1. The SMILES string of the molecule is COc1cc2nccc(Oc3ccc(NC(=O)NC4CC4)c(F)c3)c2cc1C(N)=O.O=CC(F)(F)F. The normalized spacial score (nSPS) is 12.7. The Balaban J connectivity index is 0.000000538. The molecule has 1 aliphatic rings. The molecule has 0 unspecified atom stereocenters. The molecule has 4 N–H and O–H groups in total. The van der Waals surface area contributed by atoms with E-state index in [4.69, 9.17) is 20.0 Å². The Morgan fingerprint density at radius 3 is 2.39 bits per heavy atom. The summed E-state index contributed by atoms with van der Waals surface area (Å²) in [6.45, 7) is 0. The standard InChI is InChI=1S/C21H19FN4O4.C2HF3O/c1-29-19-10-17-13(9-14(19)20(23)27)18(6-7-24-17)30-12-4-5-16(15(22)8-12)26-21(28)25-11-2-3-11;3-2(4,5)1-6/h4-11H,2-3H2,1H3,(H2,23,27)(H2,25,26,28);1H. The summed E-state index contributed by atoms with van der Waals surface area (Å²) < 4.78 is 56.7. The number of methoxy groups -OCH3 is 1. The number of amides is 3. The number of fused-ring (bicyclic) bond motifs is 1. The average molecular weight is 508 g/mol. The Bertz CT molecular complexity index is 1300. The fourth-order valence-corrected chi connectivity index (χ4v) is 2.96. The van der Waals surface area contributed by atoms with Crippen LogP contribution >= 0.6 is 0 Å². The Kier molecular flexibility index (Phi) is 7.92. The summed E-state index contributed by atoms with van der Waals surface area (Å²) in [5, 5.41) is 5.72. The van der Waals surface area contributed by atoms with Gasteiger partial charge in [-0.15, -0.1) is 0 Å². The number of alkyl halides is 3. The van der Waals surface area contributed by atoms with Crippen molar-refractivity contribution in [3.8, 4) is 17.2 Å². The van der Waals surface area contributed by atoms with Crippen molar-refractivity contribution in [2.45, 2.75) is 25.1 Å². The smallest absolute Gasteiger partial charge is 0.446 e. The van der Waals surface area contributed by atoms with E-state index in [0.717, 1.165) is 18.9 Å². The maximum Gasteiger partial charge on any atom is 0.446 e. The molecule has 2 aromatic carbocycles. The summed E-state index contributed by atoms with van der Waals surface area (Å²) in [6, 6.07) is 8.52. The van der Waals surface area contributed by atoms with Gasteiger partial charge in [0.25, 0.3) is 5.91 Å². The van der Waals surface area contributed by atoms with Crippen LogP contribution in [0, 0.1) is 5.82 Å². The molecule has 1 aliphatic carbocycles. The van der Waals surface area contributed by atoms with Crippen molar-refractivity contribution in [3.63, 3.8) is 0 Å². The van der Waals surface area contributed by atoms with Crippen molar-refractivity contribution < 1.29 is 41.4 Å². The van der Waals surface area contributed by atoms with Crippen LogP contribution in [-0.4, -0.2) is 42.5 Å². The van der Waals surface area contributed by atoms with E-state index in [2.05, 4.69) is 15.6 Å². The average Bonchev–Trinajstić information content (AvgIpc) is 3.64. The minimum atomic E-state index is -4.64. The van der Waals surface area contributed by atoms with Gasteiger partial charge in [0.2, 0.25) is 6.29 Å². The number of nitrogens with one attached hydrogen (secondary N) is 2. The first-order valence-corrected chi connectivity index (χ1v) is 10.3. The molecule has 0 atom stereocenters. The molecular formula is C23H20F4N4O5. The predicted molar refractivity (Wildman–Crippen MR) is 121 cm³/mol. The van der Waals surface area contributed by atoms with E-state index < -0.39 is 30.2 Å². The molecule has 4 rings (SSSR count). The number of primary amides is 1. The summed E-state index contributed by atoms with van der Waals surface area (Å²) >= 11 is 0. The molecule has 13 heteroatoms. The summed E-state index contributed by atoms with van der Waals surface area (Å²) in [4.78, 5) is 36.5. The first kappa shape index (κ1) is 26.2. The van der Waals surface area contributed by atoms with Gasteiger partial charge in [-0.25, -0.2) is 9.18 Å². The fraction of sp³-hybridized carbons (Fsp3) is 0.217. The number of nitrogens with zero attached hydrogens (tertiary/aromatic N) is 1. The van der Waals surface area contributed by atoms with Crippen molar-refractivity contribution in [1.82, 2.24) is 10.3 Å². The van der Waals surface area contributed by atoms with Gasteiger partial charge in [-0.1, -0.05) is 0 Å². The van der Waals surface area contributed by atoms with Gasteiger partial charge in [0, 0.05) is 29.8 Å². The lowest BCUT2D eigenvalue weighted by Gasteiger charge is -2.13. The lowest BCUT2D eigenvalue weighted by atomic mass is 10.1. The van der Waals surface area contributed by atoms with Crippen LogP contribution in [0.25, 0.3) is 10.9 Å². The monoisotopic (exact) mass is 508 g/mol. The maximum absolute atomic E-state index is 14.4. The molecule has 3 amide bonds. The van der Waals surface area contributed by atoms with Crippen LogP contribution in [0.1, 0.15) is 23.2 Å². The number of ether oxygens (including phenoxy) is 2.